The normalized spacial score (nSPS) is 10.6. The molecule has 2 rings (SSSR count). The quantitative estimate of drug-likeness (QED) is 0.639. The zero-order valence-corrected chi connectivity index (χ0v) is 11.0. The average molecular weight is 330 g/mol. The Morgan fingerprint density at radius 2 is 2.19 bits per heavy atom. The van der Waals surface area contributed by atoms with Gasteiger partial charge in [-0.3, -0.25) is 0 Å². The summed E-state index contributed by atoms with van der Waals surface area (Å²) < 4.78 is 10.2. The fourth-order valence-corrected chi connectivity index (χ4v) is 2.01. The van der Waals surface area contributed by atoms with Crippen LogP contribution in [0.4, 0.5) is 0 Å². The van der Waals surface area contributed by atoms with E-state index < -0.39 is 0 Å². The summed E-state index contributed by atoms with van der Waals surface area (Å²) in [5.41, 5.74) is 1.32. The molecule has 4 heteroatoms. The smallest absolute Gasteiger partial charge is 0.336 e. The Bertz CT molecular complexity index is 560. The van der Waals surface area contributed by atoms with Crippen molar-refractivity contribution < 1.29 is 7.48 Å². The van der Waals surface area contributed by atoms with Crippen molar-refractivity contribution in [2.75, 3.05) is 0 Å². The number of rotatable bonds is 3. The van der Waals surface area contributed by atoms with Gasteiger partial charge in [0.1, 0.15) is 11.3 Å². The molecule has 2 aromatic rings. The topological polar surface area (TPSA) is 39.4 Å². The second-order valence-corrected chi connectivity index (χ2v) is 4.02. The van der Waals surface area contributed by atoms with E-state index in [0.29, 0.717) is 11.3 Å². The maximum Gasteiger partial charge on any atom is 0.336 e. The van der Waals surface area contributed by atoms with E-state index in [-0.39, 0.29) is 5.63 Å². The van der Waals surface area contributed by atoms with Gasteiger partial charge in [0.15, 0.2) is 23.0 Å². The molecule has 1 aromatic heterocycles. The fourth-order valence-electron chi connectivity index (χ4n) is 1.73. The SMILES string of the molecule is CCCc1cc(=O)oc2cc(OI)ccc12. The molecular formula is C12H11IO3. The lowest BCUT2D eigenvalue weighted by Gasteiger charge is -2.04. The summed E-state index contributed by atoms with van der Waals surface area (Å²) in [5.74, 6) is 0.685. The maximum atomic E-state index is 11.4. The molecule has 0 bridgehead atoms. The highest BCUT2D eigenvalue weighted by Gasteiger charge is 2.06. The standard InChI is InChI=1S/C12H11IO3/c1-2-3-8-6-12(14)15-11-7-9(16-13)4-5-10(8)11/h4-7H,2-3H2,1H3. The van der Waals surface area contributed by atoms with Crippen LogP contribution in [0, 0.1) is 0 Å². The Morgan fingerprint density at radius 3 is 2.88 bits per heavy atom. The van der Waals surface area contributed by atoms with Crippen LogP contribution in [0.3, 0.4) is 0 Å². The van der Waals surface area contributed by atoms with Crippen LogP contribution in [0.2, 0.25) is 0 Å². The molecule has 0 saturated heterocycles. The van der Waals surface area contributed by atoms with Crippen molar-refractivity contribution in [1.29, 1.82) is 0 Å². The predicted octanol–water partition coefficient (Wildman–Crippen LogP) is 3.47. The summed E-state index contributed by atoms with van der Waals surface area (Å²) in [6.07, 6.45) is 1.88. The van der Waals surface area contributed by atoms with Gasteiger partial charge in [0.05, 0.1) is 0 Å². The Kier molecular flexibility index (Phi) is 3.48. The van der Waals surface area contributed by atoms with Gasteiger partial charge >= 0.3 is 5.63 Å². The van der Waals surface area contributed by atoms with Crippen molar-refractivity contribution in [3.05, 3.63) is 40.2 Å². The van der Waals surface area contributed by atoms with E-state index in [9.17, 15) is 4.79 Å². The van der Waals surface area contributed by atoms with Gasteiger partial charge in [-0.1, -0.05) is 13.3 Å². The highest BCUT2D eigenvalue weighted by molar-refractivity contribution is 14.1. The van der Waals surface area contributed by atoms with Gasteiger partial charge in [0.25, 0.3) is 0 Å². The molecule has 1 aromatic carbocycles. The lowest BCUT2D eigenvalue weighted by atomic mass is 10.1. The molecule has 3 nitrogen and oxygen atoms in total. The van der Waals surface area contributed by atoms with E-state index in [2.05, 4.69) is 6.92 Å². The van der Waals surface area contributed by atoms with Crippen LogP contribution in [0.15, 0.2) is 33.5 Å². The third-order valence-corrected chi connectivity index (χ3v) is 2.92. The van der Waals surface area contributed by atoms with Crippen LogP contribution in [0.5, 0.6) is 5.75 Å². The second kappa shape index (κ2) is 4.86. The van der Waals surface area contributed by atoms with Crippen molar-refractivity contribution in [3.8, 4) is 5.75 Å². The summed E-state index contributed by atoms with van der Waals surface area (Å²) >= 11 is 1.80. The Labute approximate surface area is 107 Å². The zero-order chi connectivity index (χ0) is 11.5. The molecule has 0 atom stereocenters. The van der Waals surface area contributed by atoms with E-state index in [1.54, 1.807) is 35.1 Å². The summed E-state index contributed by atoms with van der Waals surface area (Å²) in [6.45, 7) is 2.09. The highest BCUT2D eigenvalue weighted by atomic mass is 127. The van der Waals surface area contributed by atoms with Crippen LogP contribution >= 0.6 is 23.0 Å². The molecule has 0 spiro atoms. The van der Waals surface area contributed by atoms with Gasteiger partial charge in [-0.25, -0.2) is 4.79 Å². The third kappa shape index (κ3) is 2.21. The molecule has 84 valence electrons. The molecule has 0 radical (unpaired) electrons. The molecule has 0 unspecified atom stereocenters. The lowest BCUT2D eigenvalue weighted by molar-refractivity contribution is 0.556. The summed E-state index contributed by atoms with van der Waals surface area (Å²) in [7, 11) is 0. The Morgan fingerprint density at radius 1 is 1.38 bits per heavy atom. The van der Waals surface area contributed by atoms with Crippen molar-refractivity contribution in [2.24, 2.45) is 0 Å². The third-order valence-electron chi connectivity index (χ3n) is 2.41. The van der Waals surface area contributed by atoms with Gasteiger partial charge < -0.3 is 7.48 Å². The number of hydrogen-bond donors (Lipinski definition) is 0. The average Bonchev–Trinajstić information content (AvgIpc) is 2.28. The highest BCUT2D eigenvalue weighted by Crippen LogP contribution is 2.24. The molecule has 0 N–H and O–H groups in total. The zero-order valence-electron chi connectivity index (χ0n) is 8.83. The van der Waals surface area contributed by atoms with E-state index >= 15 is 0 Å². The summed E-state index contributed by atoms with van der Waals surface area (Å²) in [6, 6.07) is 7.10. The molecular weight excluding hydrogens is 319 g/mol. The maximum absolute atomic E-state index is 11.4. The van der Waals surface area contributed by atoms with Gasteiger partial charge in [0.2, 0.25) is 0 Å². The van der Waals surface area contributed by atoms with Crippen molar-refractivity contribution in [3.63, 3.8) is 0 Å². The molecule has 16 heavy (non-hydrogen) atoms. The number of fused-ring (bicyclic) bond motifs is 1. The van der Waals surface area contributed by atoms with E-state index in [4.69, 9.17) is 7.48 Å². The summed E-state index contributed by atoms with van der Waals surface area (Å²) in [5, 5.41) is 0.985. The minimum atomic E-state index is -0.304. The van der Waals surface area contributed by atoms with Crippen molar-refractivity contribution in [2.45, 2.75) is 19.8 Å². The molecule has 0 aliphatic rings. The van der Waals surface area contributed by atoms with E-state index in [1.807, 2.05) is 12.1 Å². The van der Waals surface area contributed by atoms with Crippen molar-refractivity contribution in [1.82, 2.24) is 0 Å². The molecule has 0 aliphatic carbocycles. The first-order chi connectivity index (χ1) is 7.74. The minimum absolute atomic E-state index is 0.304. The summed E-state index contributed by atoms with van der Waals surface area (Å²) in [4.78, 5) is 11.4. The number of aryl methyl sites for hydroxylation is 1. The number of benzene rings is 1. The van der Waals surface area contributed by atoms with E-state index in [1.165, 1.54) is 0 Å². The van der Waals surface area contributed by atoms with Crippen LogP contribution in [-0.2, 0) is 6.42 Å². The monoisotopic (exact) mass is 330 g/mol. The molecule has 0 saturated carbocycles. The van der Waals surface area contributed by atoms with Crippen LogP contribution in [-0.4, -0.2) is 0 Å². The Balaban J connectivity index is 2.68. The first-order valence-corrected chi connectivity index (χ1v) is 5.98. The predicted molar refractivity (Wildman–Crippen MR) is 71.1 cm³/mol. The first-order valence-electron chi connectivity index (χ1n) is 5.10. The van der Waals surface area contributed by atoms with Crippen molar-refractivity contribution >= 4 is 34.0 Å². The first kappa shape index (κ1) is 11.4. The second-order valence-electron chi connectivity index (χ2n) is 3.58. The molecule has 0 fully saturated rings. The lowest BCUT2D eigenvalue weighted by Crippen LogP contribution is -2.00. The van der Waals surface area contributed by atoms with Crippen LogP contribution < -0.4 is 8.69 Å². The number of halogens is 1. The van der Waals surface area contributed by atoms with Crippen LogP contribution in [0.1, 0.15) is 18.9 Å². The molecule has 0 amide bonds. The van der Waals surface area contributed by atoms with Crippen LogP contribution in [0.25, 0.3) is 11.0 Å². The van der Waals surface area contributed by atoms with Gasteiger partial charge in [0, 0.05) is 17.5 Å². The molecule has 1 heterocycles. The molecule has 0 aliphatic heterocycles. The van der Waals surface area contributed by atoms with Gasteiger partial charge in [-0.15, -0.1) is 0 Å². The van der Waals surface area contributed by atoms with Gasteiger partial charge in [-0.05, 0) is 24.1 Å². The minimum Gasteiger partial charge on any atom is -0.428 e. The number of hydrogen-bond acceptors (Lipinski definition) is 3. The largest absolute Gasteiger partial charge is 0.428 e. The van der Waals surface area contributed by atoms with E-state index in [0.717, 1.165) is 23.8 Å². The Hall–Kier alpha value is -1.04. The fraction of sp³-hybridized carbons (Fsp3) is 0.250. The van der Waals surface area contributed by atoms with Gasteiger partial charge in [-0.2, -0.15) is 0 Å².